The number of likely N-dealkylation sites (N-methyl/N-ethyl adjacent to an activating group) is 1. The maximum atomic E-state index is 12.2. The Balaban J connectivity index is 1.89. The van der Waals surface area contributed by atoms with Crippen LogP contribution in [0.2, 0.25) is 0 Å². The van der Waals surface area contributed by atoms with E-state index in [-0.39, 0.29) is 12.0 Å². The molecule has 25 heavy (non-hydrogen) atoms. The molecule has 0 fully saturated rings. The Hall–Kier alpha value is -2.67. The SMILES string of the molecule is CC(C)Oc1ccc(NC(=O)c2cnc(NCCN(C)C)nc2)cc1. The average Bonchev–Trinajstić information content (AvgIpc) is 2.56. The van der Waals surface area contributed by atoms with Crippen LogP contribution in [0.1, 0.15) is 24.2 Å². The number of aromatic nitrogens is 2. The number of rotatable bonds is 8. The molecule has 0 bridgehead atoms. The van der Waals surface area contributed by atoms with Crippen molar-refractivity contribution in [3.63, 3.8) is 0 Å². The Morgan fingerprint density at radius 3 is 2.36 bits per heavy atom. The molecule has 1 aromatic heterocycles. The third kappa shape index (κ3) is 6.39. The van der Waals surface area contributed by atoms with E-state index in [0.29, 0.717) is 17.2 Å². The van der Waals surface area contributed by atoms with Crippen molar-refractivity contribution in [3.8, 4) is 5.75 Å². The highest BCUT2D eigenvalue weighted by Crippen LogP contribution is 2.17. The van der Waals surface area contributed by atoms with Gasteiger partial charge in [0, 0.05) is 31.2 Å². The van der Waals surface area contributed by atoms with Crippen molar-refractivity contribution in [2.75, 3.05) is 37.8 Å². The fraction of sp³-hybridized carbons (Fsp3) is 0.389. The first-order chi connectivity index (χ1) is 11.9. The topological polar surface area (TPSA) is 79.4 Å². The summed E-state index contributed by atoms with van der Waals surface area (Å²) in [6.07, 6.45) is 3.13. The molecule has 0 saturated heterocycles. The first-order valence-corrected chi connectivity index (χ1v) is 8.23. The Morgan fingerprint density at radius 1 is 1.16 bits per heavy atom. The van der Waals surface area contributed by atoms with Gasteiger partial charge in [-0.05, 0) is 52.2 Å². The molecule has 7 heteroatoms. The van der Waals surface area contributed by atoms with Crippen LogP contribution in [-0.4, -0.2) is 54.1 Å². The minimum Gasteiger partial charge on any atom is -0.491 e. The first-order valence-electron chi connectivity index (χ1n) is 8.23. The van der Waals surface area contributed by atoms with E-state index in [2.05, 4.69) is 25.5 Å². The number of carbonyl (C=O) groups excluding carboxylic acids is 1. The number of carbonyl (C=O) groups is 1. The maximum absolute atomic E-state index is 12.2. The van der Waals surface area contributed by atoms with E-state index < -0.39 is 0 Å². The van der Waals surface area contributed by atoms with Crippen LogP contribution in [-0.2, 0) is 0 Å². The van der Waals surface area contributed by atoms with Crippen LogP contribution in [0.4, 0.5) is 11.6 Å². The first kappa shape index (κ1) is 18.7. The molecular weight excluding hydrogens is 318 g/mol. The number of amides is 1. The molecule has 0 unspecified atom stereocenters. The van der Waals surface area contributed by atoms with Crippen molar-refractivity contribution in [1.82, 2.24) is 14.9 Å². The van der Waals surface area contributed by atoms with E-state index >= 15 is 0 Å². The predicted molar refractivity (Wildman–Crippen MR) is 99.2 cm³/mol. The summed E-state index contributed by atoms with van der Waals surface area (Å²) in [4.78, 5) is 22.6. The largest absolute Gasteiger partial charge is 0.491 e. The highest BCUT2D eigenvalue weighted by molar-refractivity contribution is 6.03. The van der Waals surface area contributed by atoms with Gasteiger partial charge in [0.1, 0.15) is 5.75 Å². The Kier molecular flexibility index (Phi) is 6.71. The van der Waals surface area contributed by atoms with Crippen molar-refractivity contribution in [2.24, 2.45) is 0 Å². The lowest BCUT2D eigenvalue weighted by Gasteiger charge is -2.11. The Bertz CT molecular complexity index is 669. The highest BCUT2D eigenvalue weighted by Gasteiger charge is 2.08. The van der Waals surface area contributed by atoms with E-state index in [1.165, 1.54) is 12.4 Å². The minimum absolute atomic E-state index is 0.113. The zero-order valence-corrected chi connectivity index (χ0v) is 15.1. The molecule has 0 aliphatic heterocycles. The third-order valence-electron chi connectivity index (χ3n) is 3.24. The van der Waals surface area contributed by atoms with Crippen LogP contribution in [0.5, 0.6) is 5.75 Å². The van der Waals surface area contributed by atoms with Crippen LogP contribution in [0.25, 0.3) is 0 Å². The third-order valence-corrected chi connectivity index (χ3v) is 3.24. The summed E-state index contributed by atoms with van der Waals surface area (Å²) >= 11 is 0. The molecule has 0 aliphatic rings. The summed E-state index contributed by atoms with van der Waals surface area (Å²) in [5.74, 6) is 1.02. The summed E-state index contributed by atoms with van der Waals surface area (Å²) in [7, 11) is 3.99. The molecule has 1 amide bonds. The second-order valence-corrected chi connectivity index (χ2v) is 6.17. The molecule has 0 atom stereocenters. The van der Waals surface area contributed by atoms with E-state index in [0.717, 1.165) is 18.8 Å². The molecule has 7 nitrogen and oxygen atoms in total. The van der Waals surface area contributed by atoms with Crippen LogP contribution in [0.15, 0.2) is 36.7 Å². The maximum Gasteiger partial charge on any atom is 0.258 e. The lowest BCUT2D eigenvalue weighted by molar-refractivity contribution is 0.102. The summed E-state index contributed by atoms with van der Waals surface area (Å²) in [6, 6.07) is 7.25. The fourth-order valence-corrected chi connectivity index (χ4v) is 2.02. The molecule has 134 valence electrons. The van der Waals surface area contributed by atoms with Gasteiger partial charge in [-0.25, -0.2) is 9.97 Å². The van der Waals surface area contributed by atoms with Gasteiger partial charge in [-0.15, -0.1) is 0 Å². The highest BCUT2D eigenvalue weighted by atomic mass is 16.5. The number of hydrogen-bond donors (Lipinski definition) is 2. The van der Waals surface area contributed by atoms with Gasteiger partial charge in [-0.1, -0.05) is 0 Å². The molecule has 0 aliphatic carbocycles. The van der Waals surface area contributed by atoms with Gasteiger partial charge < -0.3 is 20.3 Å². The smallest absolute Gasteiger partial charge is 0.258 e. The number of nitrogens with zero attached hydrogens (tertiary/aromatic N) is 3. The van der Waals surface area contributed by atoms with Crippen LogP contribution in [0.3, 0.4) is 0 Å². The average molecular weight is 343 g/mol. The van der Waals surface area contributed by atoms with Crippen molar-refractivity contribution < 1.29 is 9.53 Å². The zero-order valence-electron chi connectivity index (χ0n) is 15.1. The lowest BCUT2D eigenvalue weighted by atomic mass is 10.2. The van der Waals surface area contributed by atoms with Crippen molar-refractivity contribution in [3.05, 3.63) is 42.2 Å². The Morgan fingerprint density at radius 2 is 1.80 bits per heavy atom. The second-order valence-electron chi connectivity index (χ2n) is 6.17. The van der Waals surface area contributed by atoms with Crippen molar-refractivity contribution in [2.45, 2.75) is 20.0 Å². The molecule has 1 aromatic carbocycles. The van der Waals surface area contributed by atoms with Gasteiger partial charge in [0.2, 0.25) is 5.95 Å². The molecule has 2 aromatic rings. The minimum atomic E-state index is -0.252. The number of nitrogens with one attached hydrogen (secondary N) is 2. The second kappa shape index (κ2) is 8.98. The van der Waals surface area contributed by atoms with Gasteiger partial charge in [0.05, 0.1) is 11.7 Å². The van der Waals surface area contributed by atoms with E-state index in [4.69, 9.17) is 4.74 Å². The van der Waals surface area contributed by atoms with Crippen LogP contribution >= 0.6 is 0 Å². The van der Waals surface area contributed by atoms with E-state index in [9.17, 15) is 4.79 Å². The summed E-state index contributed by atoms with van der Waals surface area (Å²) in [5, 5.41) is 5.92. The summed E-state index contributed by atoms with van der Waals surface area (Å²) < 4.78 is 5.58. The standard InChI is InChI=1S/C18H25N5O2/c1-13(2)25-16-7-5-15(6-8-16)22-17(24)14-11-20-18(21-12-14)19-9-10-23(3)4/h5-8,11-13H,9-10H2,1-4H3,(H,22,24)(H,19,20,21). The molecule has 0 radical (unpaired) electrons. The number of anilines is 2. The van der Waals surface area contributed by atoms with E-state index in [1.807, 2.05) is 40.1 Å². The number of benzene rings is 1. The fourth-order valence-electron chi connectivity index (χ4n) is 2.02. The predicted octanol–water partition coefficient (Wildman–Crippen LogP) is 2.49. The quantitative estimate of drug-likeness (QED) is 0.767. The van der Waals surface area contributed by atoms with Gasteiger partial charge in [-0.3, -0.25) is 4.79 Å². The van der Waals surface area contributed by atoms with E-state index in [1.54, 1.807) is 12.1 Å². The molecule has 2 rings (SSSR count). The number of ether oxygens (including phenoxy) is 1. The van der Waals surface area contributed by atoms with Gasteiger partial charge in [-0.2, -0.15) is 0 Å². The van der Waals surface area contributed by atoms with Crippen LogP contribution in [0, 0.1) is 0 Å². The van der Waals surface area contributed by atoms with Crippen molar-refractivity contribution >= 4 is 17.5 Å². The monoisotopic (exact) mass is 343 g/mol. The molecule has 0 saturated carbocycles. The van der Waals surface area contributed by atoms with Gasteiger partial charge in [0.25, 0.3) is 5.91 Å². The Labute approximate surface area is 148 Å². The molecular formula is C18H25N5O2. The summed E-state index contributed by atoms with van der Waals surface area (Å²) in [5.41, 5.74) is 1.09. The van der Waals surface area contributed by atoms with Crippen molar-refractivity contribution in [1.29, 1.82) is 0 Å². The lowest BCUT2D eigenvalue weighted by Crippen LogP contribution is -2.21. The van der Waals surface area contributed by atoms with Gasteiger partial charge >= 0.3 is 0 Å². The summed E-state index contributed by atoms with van der Waals surface area (Å²) in [6.45, 7) is 5.55. The molecule has 0 spiro atoms. The zero-order chi connectivity index (χ0) is 18.2. The molecule has 2 N–H and O–H groups in total. The van der Waals surface area contributed by atoms with Gasteiger partial charge in [0.15, 0.2) is 0 Å². The number of hydrogen-bond acceptors (Lipinski definition) is 6. The normalized spacial score (nSPS) is 10.8. The van der Waals surface area contributed by atoms with Crippen LogP contribution < -0.4 is 15.4 Å². The molecule has 1 heterocycles.